The normalized spacial score (nSPS) is 11.2. The molecular weight excluding hydrogens is 390 g/mol. The second-order valence-electron chi connectivity index (χ2n) is 6.26. The molecule has 6 nitrogen and oxygen atoms in total. The summed E-state index contributed by atoms with van der Waals surface area (Å²) in [6, 6.07) is 16.3. The first-order valence-electron chi connectivity index (χ1n) is 8.89. The van der Waals surface area contributed by atoms with Gasteiger partial charge in [-0.15, -0.1) is 22.0 Å². The standard InChI is InChI=1S/C20H19N5OS2/c1-13-6-8-14(9-7-13)27-11-10-21-17(26)12-28-20-23-19-18(24-25-20)15-4-2-3-5-16(15)22-19/h2-9H,10-12H2,1H3,(H,21,26)(H,22,23,25). The van der Waals surface area contributed by atoms with Gasteiger partial charge in [-0.2, -0.15) is 0 Å². The molecule has 4 rings (SSSR count). The van der Waals surface area contributed by atoms with Gasteiger partial charge in [-0.3, -0.25) is 4.79 Å². The number of aromatic amines is 1. The predicted octanol–water partition coefficient (Wildman–Crippen LogP) is 3.82. The number of H-pyrrole nitrogens is 1. The number of carbonyl (C=O) groups excluding carboxylic acids is 1. The average Bonchev–Trinajstić information content (AvgIpc) is 3.09. The van der Waals surface area contributed by atoms with Crippen LogP contribution in [0.2, 0.25) is 0 Å². The molecule has 28 heavy (non-hydrogen) atoms. The summed E-state index contributed by atoms with van der Waals surface area (Å²) in [7, 11) is 0. The van der Waals surface area contributed by atoms with Gasteiger partial charge in [0.2, 0.25) is 11.1 Å². The van der Waals surface area contributed by atoms with Crippen LogP contribution >= 0.6 is 23.5 Å². The van der Waals surface area contributed by atoms with Crippen LogP contribution in [0.5, 0.6) is 0 Å². The highest BCUT2D eigenvalue weighted by atomic mass is 32.2. The fraction of sp³-hybridized carbons (Fsp3) is 0.200. The van der Waals surface area contributed by atoms with E-state index in [-0.39, 0.29) is 11.7 Å². The Hall–Kier alpha value is -2.58. The van der Waals surface area contributed by atoms with Gasteiger partial charge in [-0.05, 0) is 25.1 Å². The van der Waals surface area contributed by atoms with Crippen LogP contribution in [0.1, 0.15) is 5.56 Å². The van der Waals surface area contributed by atoms with E-state index in [1.54, 1.807) is 11.8 Å². The Morgan fingerprint density at radius 1 is 1.07 bits per heavy atom. The summed E-state index contributed by atoms with van der Waals surface area (Å²) in [6.07, 6.45) is 0. The number of hydrogen-bond donors (Lipinski definition) is 2. The molecule has 4 aromatic rings. The second-order valence-corrected chi connectivity index (χ2v) is 8.37. The molecule has 0 radical (unpaired) electrons. The molecule has 0 fully saturated rings. The maximum absolute atomic E-state index is 12.1. The monoisotopic (exact) mass is 409 g/mol. The van der Waals surface area contributed by atoms with Crippen molar-refractivity contribution < 1.29 is 4.79 Å². The number of aryl methyl sites for hydroxylation is 1. The number of fused-ring (bicyclic) bond motifs is 3. The molecular formula is C20H19N5OS2. The highest BCUT2D eigenvalue weighted by Crippen LogP contribution is 2.23. The van der Waals surface area contributed by atoms with Crippen LogP contribution in [0.25, 0.3) is 22.1 Å². The lowest BCUT2D eigenvalue weighted by Crippen LogP contribution is -2.27. The van der Waals surface area contributed by atoms with Crippen molar-refractivity contribution in [1.82, 2.24) is 25.5 Å². The molecule has 0 atom stereocenters. The van der Waals surface area contributed by atoms with Crippen LogP contribution in [0.4, 0.5) is 0 Å². The van der Waals surface area contributed by atoms with Crippen LogP contribution in [0, 0.1) is 6.92 Å². The molecule has 1 amide bonds. The molecule has 0 aliphatic carbocycles. The number of aromatic nitrogens is 4. The third kappa shape index (κ3) is 4.45. The number of thioether (sulfide) groups is 2. The number of nitrogens with zero attached hydrogens (tertiary/aromatic N) is 3. The topological polar surface area (TPSA) is 83.6 Å². The van der Waals surface area contributed by atoms with Gasteiger partial charge >= 0.3 is 0 Å². The molecule has 0 aliphatic heterocycles. The number of benzene rings is 2. The average molecular weight is 410 g/mol. The molecule has 2 N–H and O–H groups in total. The van der Waals surface area contributed by atoms with Gasteiger partial charge in [0.15, 0.2) is 5.65 Å². The fourth-order valence-electron chi connectivity index (χ4n) is 2.74. The van der Waals surface area contributed by atoms with Crippen molar-refractivity contribution in [1.29, 1.82) is 0 Å². The number of amides is 1. The van der Waals surface area contributed by atoms with Crippen LogP contribution in [-0.4, -0.2) is 44.1 Å². The van der Waals surface area contributed by atoms with E-state index in [2.05, 4.69) is 56.7 Å². The van der Waals surface area contributed by atoms with E-state index >= 15 is 0 Å². The fourth-order valence-corrected chi connectivity index (χ4v) is 4.13. The maximum Gasteiger partial charge on any atom is 0.230 e. The first-order valence-corrected chi connectivity index (χ1v) is 10.9. The van der Waals surface area contributed by atoms with E-state index in [0.717, 1.165) is 22.2 Å². The van der Waals surface area contributed by atoms with Crippen molar-refractivity contribution in [3.8, 4) is 0 Å². The molecule has 2 aromatic carbocycles. The van der Waals surface area contributed by atoms with E-state index in [9.17, 15) is 4.79 Å². The number of hydrogen-bond acceptors (Lipinski definition) is 6. The highest BCUT2D eigenvalue weighted by molar-refractivity contribution is 7.99. The van der Waals surface area contributed by atoms with Crippen LogP contribution in [-0.2, 0) is 4.79 Å². The smallest absolute Gasteiger partial charge is 0.230 e. The Labute approximate surface area is 170 Å². The lowest BCUT2D eigenvalue weighted by atomic mass is 10.2. The van der Waals surface area contributed by atoms with Crippen LogP contribution < -0.4 is 5.32 Å². The molecule has 0 aliphatic rings. The van der Waals surface area contributed by atoms with E-state index in [1.807, 2.05) is 24.3 Å². The van der Waals surface area contributed by atoms with Gasteiger partial charge in [0.05, 0.1) is 5.75 Å². The molecule has 8 heteroatoms. The number of rotatable bonds is 7. The predicted molar refractivity (Wildman–Crippen MR) is 115 cm³/mol. The highest BCUT2D eigenvalue weighted by Gasteiger charge is 2.10. The third-order valence-electron chi connectivity index (χ3n) is 4.15. The molecule has 2 aromatic heterocycles. The molecule has 0 spiro atoms. The van der Waals surface area contributed by atoms with E-state index in [1.165, 1.54) is 22.2 Å². The Kier molecular flexibility index (Phi) is 5.78. The maximum atomic E-state index is 12.1. The summed E-state index contributed by atoms with van der Waals surface area (Å²) < 4.78 is 0. The second kappa shape index (κ2) is 8.62. The van der Waals surface area contributed by atoms with Gasteiger partial charge in [0.25, 0.3) is 0 Å². The summed E-state index contributed by atoms with van der Waals surface area (Å²) in [5.41, 5.74) is 3.66. The Balaban J connectivity index is 1.26. The number of nitrogens with one attached hydrogen (secondary N) is 2. The Morgan fingerprint density at radius 2 is 1.89 bits per heavy atom. The van der Waals surface area contributed by atoms with E-state index < -0.39 is 0 Å². The summed E-state index contributed by atoms with van der Waals surface area (Å²) >= 11 is 3.01. The number of para-hydroxylation sites is 1. The minimum atomic E-state index is -0.0325. The minimum Gasteiger partial charge on any atom is -0.355 e. The molecule has 0 unspecified atom stereocenters. The molecule has 0 saturated carbocycles. The van der Waals surface area contributed by atoms with Crippen LogP contribution in [0.15, 0.2) is 58.6 Å². The number of carbonyl (C=O) groups is 1. The van der Waals surface area contributed by atoms with Crippen LogP contribution in [0.3, 0.4) is 0 Å². The zero-order chi connectivity index (χ0) is 19.3. The molecule has 0 saturated heterocycles. The summed E-state index contributed by atoms with van der Waals surface area (Å²) in [4.78, 5) is 21.0. The van der Waals surface area contributed by atoms with Crippen molar-refractivity contribution in [3.63, 3.8) is 0 Å². The molecule has 2 heterocycles. The first-order chi connectivity index (χ1) is 13.7. The molecule has 0 bridgehead atoms. The SMILES string of the molecule is Cc1ccc(SCCNC(=O)CSc2nnc3c(n2)[nH]c2ccccc23)cc1. The van der Waals surface area contributed by atoms with Gasteiger partial charge in [-0.1, -0.05) is 47.7 Å². The summed E-state index contributed by atoms with van der Waals surface area (Å²) in [5, 5.41) is 12.8. The van der Waals surface area contributed by atoms with Crippen molar-refractivity contribution in [3.05, 3.63) is 54.1 Å². The van der Waals surface area contributed by atoms with Gasteiger partial charge in [0, 0.05) is 28.1 Å². The quantitative estimate of drug-likeness (QED) is 0.357. The largest absolute Gasteiger partial charge is 0.355 e. The zero-order valence-electron chi connectivity index (χ0n) is 15.3. The summed E-state index contributed by atoms with van der Waals surface area (Å²) in [5.74, 6) is 1.07. The van der Waals surface area contributed by atoms with Gasteiger partial charge < -0.3 is 10.3 Å². The van der Waals surface area contributed by atoms with Gasteiger partial charge in [-0.25, -0.2) is 4.98 Å². The van der Waals surface area contributed by atoms with Crippen molar-refractivity contribution in [2.24, 2.45) is 0 Å². The zero-order valence-corrected chi connectivity index (χ0v) is 16.9. The van der Waals surface area contributed by atoms with Gasteiger partial charge in [0.1, 0.15) is 5.52 Å². The third-order valence-corrected chi connectivity index (χ3v) is 6.00. The van der Waals surface area contributed by atoms with E-state index in [4.69, 9.17) is 0 Å². The Bertz CT molecular complexity index is 1110. The van der Waals surface area contributed by atoms with E-state index in [0.29, 0.717) is 17.3 Å². The molecule has 142 valence electrons. The summed E-state index contributed by atoms with van der Waals surface area (Å²) in [6.45, 7) is 2.69. The minimum absolute atomic E-state index is 0.0325. The van der Waals surface area contributed by atoms with Crippen molar-refractivity contribution in [2.45, 2.75) is 17.0 Å². The lowest BCUT2D eigenvalue weighted by Gasteiger charge is -2.05. The van der Waals surface area contributed by atoms with Crippen molar-refractivity contribution >= 4 is 51.5 Å². The van der Waals surface area contributed by atoms with Crippen molar-refractivity contribution in [2.75, 3.05) is 18.1 Å². The lowest BCUT2D eigenvalue weighted by molar-refractivity contribution is -0.118. The Morgan fingerprint density at radius 3 is 2.75 bits per heavy atom. The first kappa shape index (κ1) is 18.8.